The smallest absolute Gasteiger partial charge is 0.129 e. The molecule has 11 heavy (non-hydrogen) atoms. The molecule has 1 aromatic rings. The summed E-state index contributed by atoms with van der Waals surface area (Å²) in [5.41, 5.74) is 0.997. The average Bonchev–Trinajstić information content (AvgIpc) is 2.39. The van der Waals surface area contributed by atoms with E-state index in [9.17, 15) is 4.79 Å². The molecule has 1 heterocycles. The van der Waals surface area contributed by atoms with E-state index in [-0.39, 0.29) is 5.78 Å². The maximum absolute atomic E-state index is 10.5. The summed E-state index contributed by atoms with van der Waals surface area (Å²) in [6.07, 6.45) is 4.17. The molecule has 0 atom stereocenters. The van der Waals surface area contributed by atoms with Crippen molar-refractivity contribution in [1.29, 1.82) is 0 Å². The summed E-state index contributed by atoms with van der Waals surface area (Å²) in [6, 6.07) is 0. The molecule has 0 bridgehead atoms. The summed E-state index contributed by atoms with van der Waals surface area (Å²) in [6.45, 7) is 1.61. The zero-order valence-corrected chi connectivity index (χ0v) is 7.23. The maximum Gasteiger partial charge on any atom is 0.129 e. The van der Waals surface area contributed by atoms with Gasteiger partial charge in [-0.05, 0) is 19.8 Å². The lowest BCUT2D eigenvalue weighted by atomic mass is 10.1. The zero-order valence-electron chi connectivity index (χ0n) is 6.41. The molecule has 0 saturated heterocycles. The standard InChI is InChI=1S/C7H10N2OS/c1-6(10)3-2-4-7-5-8-11-9-7/h5H,2-4H2,1H3. The van der Waals surface area contributed by atoms with Crippen molar-refractivity contribution in [2.45, 2.75) is 26.2 Å². The van der Waals surface area contributed by atoms with Crippen LogP contribution in [0, 0.1) is 0 Å². The molecule has 0 spiro atoms. The molecule has 0 aromatic carbocycles. The molecule has 0 aliphatic carbocycles. The van der Waals surface area contributed by atoms with Crippen molar-refractivity contribution >= 4 is 17.5 Å². The first kappa shape index (κ1) is 8.33. The third kappa shape index (κ3) is 3.23. The molecule has 4 heteroatoms. The number of aryl methyl sites for hydroxylation is 1. The van der Waals surface area contributed by atoms with Crippen LogP contribution in [0.25, 0.3) is 0 Å². The van der Waals surface area contributed by atoms with E-state index >= 15 is 0 Å². The summed E-state index contributed by atoms with van der Waals surface area (Å²) in [4.78, 5) is 10.5. The van der Waals surface area contributed by atoms with E-state index < -0.39 is 0 Å². The second-order valence-electron chi connectivity index (χ2n) is 2.45. The van der Waals surface area contributed by atoms with Crippen molar-refractivity contribution in [2.24, 2.45) is 0 Å². The Balaban J connectivity index is 2.19. The summed E-state index contributed by atoms with van der Waals surface area (Å²) in [5, 5.41) is 0. The molecule has 3 nitrogen and oxygen atoms in total. The van der Waals surface area contributed by atoms with Crippen LogP contribution in [-0.4, -0.2) is 14.5 Å². The fourth-order valence-electron chi connectivity index (χ4n) is 0.813. The van der Waals surface area contributed by atoms with Crippen LogP contribution in [-0.2, 0) is 11.2 Å². The predicted octanol–water partition coefficient (Wildman–Crippen LogP) is 1.45. The van der Waals surface area contributed by atoms with Crippen molar-refractivity contribution in [3.63, 3.8) is 0 Å². The molecule has 60 valence electrons. The van der Waals surface area contributed by atoms with Crippen molar-refractivity contribution in [3.8, 4) is 0 Å². The van der Waals surface area contributed by atoms with E-state index in [1.165, 1.54) is 11.7 Å². The Morgan fingerprint density at radius 3 is 3.09 bits per heavy atom. The topological polar surface area (TPSA) is 42.9 Å². The second kappa shape index (κ2) is 4.18. The van der Waals surface area contributed by atoms with Gasteiger partial charge in [0.2, 0.25) is 0 Å². The zero-order chi connectivity index (χ0) is 8.10. The largest absolute Gasteiger partial charge is 0.300 e. The average molecular weight is 170 g/mol. The first-order chi connectivity index (χ1) is 5.29. The third-order valence-electron chi connectivity index (χ3n) is 1.37. The van der Waals surface area contributed by atoms with Crippen LogP contribution in [0.1, 0.15) is 25.5 Å². The Kier molecular flexibility index (Phi) is 3.16. The number of hydrogen-bond donors (Lipinski definition) is 0. The van der Waals surface area contributed by atoms with Gasteiger partial charge in [0.1, 0.15) is 5.78 Å². The Bertz CT molecular complexity index is 220. The normalized spacial score (nSPS) is 9.91. The third-order valence-corrected chi connectivity index (χ3v) is 1.88. The number of aromatic nitrogens is 2. The van der Waals surface area contributed by atoms with E-state index in [1.807, 2.05) is 0 Å². The Labute approximate surface area is 69.8 Å². The van der Waals surface area contributed by atoms with Gasteiger partial charge >= 0.3 is 0 Å². The van der Waals surface area contributed by atoms with Gasteiger partial charge in [-0.2, -0.15) is 8.75 Å². The molecule has 0 aliphatic rings. The van der Waals surface area contributed by atoms with Crippen molar-refractivity contribution in [3.05, 3.63) is 11.9 Å². The van der Waals surface area contributed by atoms with Gasteiger partial charge in [0, 0.05) is 6.42 Å². The number of hydrogen-bond acceptors (Lipinski definition) is 4. The van der Waals surface area contributed by atoms with Gasteiger partial charge in [0.15, 0.2) is 0 Å². The molecule has 0 radical (unpaired) electrons. The monoisotopic (exact) mass is 170 g/mol. The molecular weight excluding hydrogens is 160 g/mol. The summed E-state index contributed by atoms with van der Waals surface area (Å²) < 4.78 is 7.90. The quantitative estimate of drug-likeness (QED) is 0.686. The number of nitrogens with zero attached hydrogens (tertiary/aromatic N) is 2. The highest BCUT2D eigenvalue weighted by Crippen LogP contribution is 2.02. The Morgan fingerprint density at radius 2 is 2.55 bits per heavy atom. The molecule has 0 amide bonds. The Hall–Kier alpha value is -0.770. The van der Waals surface area contributed by atoms with Crippen LogP contribution in [0.3, 0.4) is 0 Å². The molecular formula is C7H10N2OS. The lowest BCUT2D eigenvalue weighted by Gasteiger charge is -1.91. The van der Waals surface area contributed by atoms with Gasteiger partial charge < -0.3 is 4.79 Å². The molecule has 0 N–H and O–H groups in total. The summed E-state index contributed by atoms with van der Waals surface area (Å²) in [7, 11) is 0. The molecule has 0 fully saturated rings. The van der Waals surface area contributed by atoms with Crippen LogP contribution in [0.4, 0.5) is 0 Å². The Morgan fingerprint density at radius 1 is 1.73 bits per heavy atom. The maximum atomic E-state index is 10.5. The fourth-order valence-corrected chi connectivity index (χ4v) is 1.27. The number of carbonyl (C=O) groups excluding carboxylic acids is 1. The lowest BCUT2D eigenvalue weighted by molar-refractivity contribution is -0.117. The predicted molar refractivity (Wildman–Crippen MR) is 43.5 cm³/mol. The molecule has 0 saturated carbocycles. The highest BCUT2D eigenvalue weighted by atomic mass is 32.1. The highest BCUT2D eigenvalue weighted by molar-refractivity contribution is 6.99. The molecule has 0 aliphatic heterocycles. The minimum absolute atomic E-state index is 0.244. The van der Waals surface area contributed by atoms with Gasteiger partial charge in [-0.3, -0.25) is 0 Å². The first-order valence-electron chi connectivity index (χ1n) is 3.55. The fraction of sp³-hybridized carbons (Fsp3) is 0.571. The van der Waals surface area contributed by atoms with Crippen molar-refractivity contribution in [2.75, 3.05) is 0 Å². The van der Waals surface area contributed by atoms with Crippen LogP contribution < -0.4 is 0 Å². The van der Waals surface area contributed by atoms with E-state index in [1.54, 1.807) is 13.1 Å². The minimum atomic E-state index is 0.244. The summed E-state index contributed by atoms with van der Waals surface area (Å²) in [5.74, 6) is 0.244. The summed E-state index contributed by atoms with van der Waals surface area (Å²) >= 11 is 1.21. The minimum Gasteiger partial charge on any atom is -0.300 e. The highest BCUT2D eigenvalue weighted by Gasteiger charge is 1.97. The SMILES string of the molecule is CC(=O)CCCc1cnsn1. The molecule has 0 unspecified atom stereocenters. The first-order valence-corrected chi connectivity index (χ1v) is 4.28. The van der Waals surface area contributed by atoms with Crippen LogP contribution >= 0.6 is 11.7 Å². The van der Waals surface area contributed by atoms with E-state index in [0.29, 0.717) is 6.42 Å². The van der Waals surface area contributed by atoms with Gasteiger partial charge in [0.05, 0.1) is 23.6 Å². The number of carbonyl (C=O) groups is 1. The van der Waals surface area contributed by atoms with E-state index in [4.69, 9.17) is 0 Å². The van der Waals surface area contributed by atoms with Gasteiger partial charge in [-0.25, -0.2) is 0 Å². The number of rotatable bonds is 4. The van der Waals surface area contributed by atoms with Crippen LogP contribution in [0.15, 0.2) is 6.20 Å². The molecule has 1 rings (SSSR count). The van der Waals surface area contributed by atoms with Crippen LogP contribution in [0.2, 0.25) is 0 Å². The second-order valence-corrected chi connectivity index (χ2v) is 3.01. The van der Waals surface area contributed by atoms with E-state index in [2.05, 4.69) is 8.75 Å². The van der Waals surface area contributed by atoms with Gasteiger partial charge in [-0.1, -0.05) is 0 Å². The van der Waals surface area contributed by atoms with Crippen molar-refractivity contribution in [1.82, 2.24) is 8.75 Å². The lowest BCUT2D eigenvalue weighted by Crippen LogP contribution is -1.92. The van der Waals surface area contributed by atoms with Gasteiger partial charge in [-0.15, -0.1) is 0 Å². The van der Waals surface area contributed by atoms with Gasteiger partial charge in [0.25, 0.3) is 0 Å². The van der Waals surface area contributed by atoms with Crippen LogP contribution in [0.5, 0.6) is 0 Å². The van der Waals surface area contributed by atoms with Crippen molar-refractivity contribution < 1.29 is 4.79 Å². The van der Waals surface area contributed by atoms with E-state index in [0.717, 1.165) is 18.5 Å². The number of ketones is 1. The molecule has 1 aromatic heterocycles. The number of Topliss-reactive ketones (excluding diaryl/α,β-unsaturated/α-hetero) is 1.